The van der Waals surface area contributed by atoms with Gasteiger partial charge in [0.05, 0.1) is 5.71 Å². The Morgan fingerprint density at radius 2 is 1.71 bits per heavy atom. The Morgan fingerprint density at radius 1 is 1.07 bits per heavy atom. The van der Waals surface area contributed by atoms with Crippen molar-refractivity contribution in [2.24, 2.45) is 11.1 Å². The molecule has 1 aliphatic rings. The number of halogens is 1. The van der Waals surface area contributed by atoms with Crippen LogP contribution >= 0.6 is 0 Å². The molecule has 4 nitrogen and oxygen atoms in total. The summed E-state index contributed by atoms with van der Waals surface area (Å²) in [4.78, 5) is 18.4. The van der Waals surface area contributed by atoms with Crippen molar-refractivity contribution in [2.45, 2.75) is 52.7 Å². The predicted octanol–water partition coefficient (Wildman–Crippen LogP) is 5.17. The molecule has 2 aromatic carbocycles. The largest absolute Gasteiger partial charge is 0.389 e. The fourth-order valence-corrected chi connectivity index (χ4v) is 3.10. The fraction of sp³-hybridized carbons (Fsp3) is 0.391. The monoisotopic (exact) mass is 382 g/mol. The van der Waals surface area contributed by atoms with Crippen molar-refractivity contribution in [1.29, 1.82) is 0 Å². The maximum atomic E-state index is 13.3. The highest BCUT2D eigenvalue weighted by atomic mass is 19.1. The van der Waals surface area contributed by atoms with Crippen molar-refractivity contribution in [1.82, 2.24) is 5.32 Å². The summed E-state index contributed by atoms with van der Waals surface area (Å²) in [6, 6.07) is 11.9. The van der Waals surface area contributed by atoms with Crippen molar-refractivity contribution in [3.05, 3.63) is 59.4 Å². The summed E-state index contributed by atoms with van der Waals surface area (Å²) in [5.41, 5.74) is 3.53. The van der Waals surface area contributed by atoms with E-state index in [9.17, 15) is 9.18 Å². The Kier molecular flexibility index (Phi) is 5.54. The lowest BCUT2D eigenvalue weighted by Gasteiger charge is -2.25. The van der Waals surface area contributed by atoms with Crippen LogP contribution in [-0.2, 0) is 4.84 Å². The van der Waals surface area contributed by atoms with Crippen molar-refractivity contribution >= 4 is 11.6 Å². The molecule has 28 heavy (non-hydrogen) atoms. The van der Waals surface area contributed by atoms with E-state index in [0.29, 0.717) is 17.9 Å². The standard InChI is InChI=1S/C23H27FN2O2/c1-14(2)23(5)13-21(26-28-23)18-10-17(16-6-8-20(24)9-7-16)11-19(12-18)22(27)25-15(3)4/h6-12,14-15H,13H2,1-5H3,(H,25,27). The second-order valence-electron chi connectivity index (χ2n) is 8.21. The van der Waals surface area contributed by atoms with E-state index < -0.39 is 0 Å². The third-order valence-corrected chi connectivity index (χ3v) is 5.23. The van der Waals surface area contributed by atoms with Crippen LogP contribution in [0.2, 0.25) is 0 Å². The van der Waals surface area contributed by atoms with Gasteiger partial charge in [-0.25, -0.2) is 4.39 Å². The summed E-state index contributed by atoms with van der Waals surface area (Å²) < 4.78 is 13.3. The number of nitrogens with one attached hydrogen (secondary N) is 1. The van der Waals surface area contributed by atoms with Gasteiger partial charge in [0, 0.05) is 23.6 Å². The summed E-state index contributed by atoms with van der Waals surface area (Å²) in [5, 5.41) is 7.24. The Bertz CT molecular complexity index is 903. The number of hydrogen-bond donors (Lipinski definition) is 1. The van der Waals surface area contributed by atoms with E-state index in [1.807, 2.05) is 39.0 Å². The van der Waals surface area contributed by atoms with Gasteiger partial charge in [-0.2, -0.15) is 0 Å². The Balaban J connectivity index is 2.03. The number of carbonyl (C=O) groups is 1. The van der Waals surface area contributed by atoms with Gasteiger partial charge in [-0.05, 0) is 68.1 Å². The lowest BCUT2D eigenvalue weighted by molar-refractivity contribution is -0.0384. The number of oxime groups is 1. The van der Waals surface area contributed by atoms with Gasteiger partial charge in [-0.1, -0.05) is 31.1 Å². The van der Waals surface area contributed by atoms with Crippen LogP contribution in [0.15, 0.2) is 47.6 Å². The zero-order chi connectivity index (χ0) is 20.5. The number of benzene rings is 2. The molecule has 0 radical (unpaired) electrons. The lowest BCUT2D eigenvalue weighted by atomic mass is 9.85. The third kappa shape index (κ3) is 4.24. The van der Waals surface area contributed by atoms with E-state index >= 15 is 0 Å². The number of amides is 1. The predicted molar refractivity (Wildman–Crippen MR) is 110 cm³/mol. The molecule has 1 N–H and O–H groups in total. The number of rotatable bonds is 5. The molecule has 0 aliphatic carbocycles. The van der Waals surface area contributed by atoms with Crippen LogP contribution in [0, 0.1) is 11.7 Å². The van der Waals surface area contributed by atoms with Crippen molar-refractivity contribution < 1.29 is 14.0 Å². The van der Waals surface area contributed by atoms with Crippen molar-refractivity contribution in [3.63, 3.8) is 0 Å². The highest BCUT2D eigenvalue weighted by Gasteiger charge is 2.38. The maximum Gasteiger partial charge on any atom is 0.251 e. The zero-order valence-corrected chi connectivity index (χ0v) is 17.0. The maximum absolute atomic E-state index is 13.3. The molecule has 148 valence electrons. The summed E-state index contributed by atoms with van der Waals surface area (Å²) in [6.45, 7) is 10.1. The van der Waals surface area contributed by atoms with Crippen molar-refractivity contribution in [2.75, 3.05) is 0 Å². The minimum absolute atomic E-state index is 0.0295. The molecule has 2 aromatic rings. The Morgan fingerprint density at radius 3 is 2.29 bits per heavy atom. The fourth-order valence-electron chi connectivity index (χ4n) is 3.10. The molecular formula is C23H27FN2O2. The summed E-state index contributed by atoms with van der Waals surface area (Å²) in [7, 11) is 0. The highest BCUT2D eigenvalue weighted by molar-refractivity contribution is 6.05. The van der Waals surface area contributed by atoms with Gasteiger partial charge in [0.1, 0.15) is 11.4 Å². The van der Waals surface area contributed by atoms with E-state index in [2.05, 4.69) is 24.3 Å². The van der Waals surface area contributed by atoms with Crippen LogP contribution < -0.4 is 5.32 Å². The van der Waals surface area contributed by atoms with Crippen LogP contribution in [0.4, 0.5) is 4.39 Å². The average Bonchev–Trinajstić information content (AvgIpc) is 3.05. The SMILES string of the molecule is CC(C)NC(=O)c1cc(C2=NOC(C)(C(C)C)C2)cc(-c2ccc(F)cc2)c1. The normalized spacial score (nSPS) is 18.9. The molecule has 1 heterocycles. The molecule has 1 aliphatic heterocycles. The quantitative estimate of drug-likeness (QED) is 0.775. The Hall–Kier alpha value is -2.69. The molecule has 1 atom stereocenters. The van der Waals surface area contributed by atoms with Crippen LogP contribution in [0.3, 0.4) is 0 Å². The molecule has 3 rings (SSSR count). The van der Waals surface area contributed by atoms with E-state index in [-0.39, 0.29) is 23.4 Å². The van der Waals surface area contributed by atoms with Crippen LogP contribution in [0.5, 0.6) is 0 Å². The molecule has 1 unspecified atom stereocenters. The summed E-state index contributed by atoms with van der Waals surface area (Å²) in [5.74, 6) is -0.136. The van der Waals surface area contributed by atoms with E-state index in [1.165, 1.54) is 12.1 Å². The molecule has 0 aromatic heterocycles. The van der Waals surface area contributed by atoms with E-state index in [1.54, 1.807) is 12.1 Å². The van der Waals surface area contributed by atoms with E-state index in [4.69, 9.17) is 4.84 Å². The molecule has 0 spiro atoms. The molecule has 0 bridgehead atoms. The molecule has 0 saturated heterocycles. The minimum atomic E-state index is -0.360. The minimum Gasteiger partial charge on any atom is -0.389 e. The van der Waals surface area contributed by atoms with Gasteiger partial charge in [0.25, 0.3) is 5.91 Å². The first kappa shape index (κ1) is 20.1. The van der Waals surface area contributed by atoms with Gasteiger partial charge in [0.15, 0.2) is 0 Å². The topological polar surface area (TPSA) is 50.7 Å². The van der Waals surface area contributed by atoms with Gasteiger partial charge in [-0.3, -0.25) is 4.79 Å². The molecule has 1 amide bonds. The van der Waals surface area contributed by atoms with Crippen LogP contribution in [-0.4, -0.2) is 23.3 Å². The first-order valence-corrected chi connectivity index (χ1v) is 9.65. The number of carbonyl (C=O) groups excluding carboxylic acids is 1. The van der Waals surface area contributed by atoms with Gasteiger partial charge in [-0.15, -0.1) is 0 Å². The molecule has 0 saturated carbocycles. The van der Waals surface area contributed by atoms with Gasteiger partial charge >= 0.3 is 0 Å². The molecule has 0 fully saturated rings. The molecular weight excluding hydrogens is 355 g/mol. The van der Waals surface area contributed by atoms with Crippen molar-refractivity contribution in [3.8, 4) is 11.1 Å². The average molecular weight is 382 g/mol. The highest BCUT2D eigenvalue weighted by Crippen LogP contribution is 2.34. The van der Waals surface area contributed by atoms with Gasteiger partial charge in [0.2, 0.25) is 0 Å². The second-order valence-corrected chi connectivity index (χ2v) is 8.21. The molecule has 5 heteroatoms. The van der Waals surface area contributed by atoms with Crippen LogP contribution in [0.25, 0.3) is 11.1 Å². The van der Waals surface area contributed by atoms with Crippen LogP contribution in [0.1, 0.15) is 57.0 Å². The summed E-state index contributed by atoms with van der Waals surface area (Å²) in [6.07, 6.45) is 0.669. The number of hydrogen-bond acceptors (Lipinski definition) is 3. The first-order valence-electron chi connectivity index (χ1n) is 9.65. The number of nitrogens with zero attached hydrogens (tertiary/aromatic N) is 1. The first-order chi connectivity index (χ1) is 13.2. The zero-order valence-electron chi connectivity index (χ0n) is 17.0. The summed E-state index contributed by atoms with van der Waals surface area (Å²) >= 11 is 0. The smallest absolute Gasteiger partial charge is 0.251 e. The van der Waals surface area contributed by atoms with E-state index in [0.717, 1.165) is 22.4 Å². The lowest BCUT2D eigenvalue weighted by Crippen LogP contribution is -2.31. The Labute approximate surface area is 165 Å². The van der Waals surface area contributed by atoms with Gasteiger partial charge < -0.3 is 10.2 Å². The second kappa shape index (κ2) is 7.74. The third-order valence-electron chi connectivity index (χ3n) is 5.23.